The highest BCUT2D eigenvalue weighted by Crippen LogP contribution is 2.53. The number of rotatable bonds is 9. The molecule has 4 aromatic carbocycles. The van der Waals surface area contributed by atoms with Crippen LogP contribution in [-0.2, 0) is 28.8 Å². The van der Waals surface area contributed by atoms with Gasteiger partial charge in [0.15, 0.2) is 11.2 Å². The summed E-state index contributed by atoms with van der Waals surface area (Å²) in [6.07, 6.45) is -1.39. The average molecular weight is 793 g/mol. The van der Waals surface area contributed by atoms with Crippen molar-refractivity contribution < 1.29 is 71.1 Å². The zero-order chi connectivity index (χ0) is 42.0. The van der Waals surface area contributed by atoms with Crippen LogP contribution in [0.4, 0.5) is 0 Å². The second-order valence-electron chi connectivity index (χ2n) is 12.8. The van der Waals surface area contributed by atoms with Crippen molar-refractivity contribution in [2.24, 2.45) is 0 Å². The lowest BCUT2D eigenvalue weighted by molar-refractivity contribution is -0.133. The van der Waals surface area contributed by atoms with Gasteiger partial charge < -0.3 is 37.6 Å². The first-order valence-electron chi connectivity index (χ1n) is 17.3. The molecule has 2 atom stereocenters. The number of carbonyl (C=O) groups excluding carboxylic acids is 7. The molecule has 58 heavy (non-hydrogen) atoms. The number of ether oxygens (including phenoxy) is 7. The monoisotopic (exact) mass is 792 g/mol. The summed E-state index contributed by atoms with van der Waals surface area (Å²) in [6.45, 7) is 6.81. The largest absolute Gasteiger partial charge is 0.484 e. The predicted molar refractivity (Wildman–Crippen MR) is 199 cm³/mol. The molecule has 16 nitrogen and oxygen atoms in total. The number of hydrogen-bond acceptors (Lipinski definition) is 16. The van der Waals surface area contributed by atoms with Gasteiger partial charge in [-0.05, 0) is 42.0 Å². The highest BCUT2D eigenvalue weighted by Gasteiger charge is 2.45. The first-order chi connectivity index (χ1) is 27.5. The molecule has 2 heterocycles. The van der Waals surface area contributed by atoms with Gasteiger partial charge >= 0.3 is 35.8 Å². The van der Waals surface area contributed by atoms with E-state index in [-0.39, 0.29) is 73.7 Å². The predicted octanol–water partition coefficient (Wildman–Crippen LogP) is 6.11. The number of Topliss-reactive ketones (excluding diaryl/α,β-unsaturated/α-hetero) is 1. The van der Waals surface area contributed by atoms with Gasteiger partial charge in [0.25, 0.3) is 0 Å². The molecular weight excluding hydrogens is 760 g/mol. The highest BCUT2D eigenvalue weighted by molar-refractivity contribution is 6.10. The average Bonchev–Trinajstić information content (AvgIpc) is 3.11. The van der Waals surface area contributed by atoms with Gasteiger partial charge in [0.2, 0.25) is 0 Å². The van der Waals surface area contributed by atoms with Gasteiger partial charge in [-0.2, -0.15) is 0 Å². The summed E-state index contributed by atoms with van der Waals surface area (Å²) in [5, 5.41) is -0.325. The van der Waals surface area contributed by atoms with E-state index in [1.54, 1.807) is 0 Å². The Kier molecular flexibility index (Phi) is 11.2. The van der Waals surface area contributed by atoms with Crippen LogP contribution in [-0.4, -0.2) is 41.6 Å². The number of esters is 6. The van der Waals surface area contributed by atoms with E-state index in [0.717, 1.165) is 45.9 Å². The van der Waals surface area contributed by atoms with Crippen molar-refractivity contribution in [2.45, 2.75) is 53.6 Å². The Morgan fingerprint density at radius 1 is 0.534 bits per heavy atom. The van der Waals surface area contributed by atoms with Crippen molar-refractivity contribution in [3.63, 3.8) is 0 Å². The molecule has 6 rings (SSSR count). The first-order valence-corrected chi connectivity index (χ1v) is 17.3. The first kappa shape index (κ1) is 40.1. The van der Waals surface area contributed by atoms with Gasteiger partial charge in [-0.3, -0.25) is 38.4 Å². The molecule has 0 radical (unpaired) electrons. The third-order valence-electron chi connectivity index (χ3n) is 8.30. The highest BCUT2D eigenvalue weighted by atomic mass is 16.6. The standard InChI is InChI=1S/C42H32O16/c1-19(43)51-27-11-7-25(8-12-27)31-17-30(49)36-34(55-23(5)47)18-35(56-24(6)48)38(42(36)57-31)39-40(50)37-32(54-22(4)46)15-29(53-21(3)45)16-33(37)58-41(39)26-9-13-28(14-10-26)52-20(2)44/h7-18,39,41H,1-6H3. The molecule has 0 fully saturated rings. The van der Waals surface area contributed by atoms with E-state index in [1.807, 2.05) is 0 Å². The molecular formula is C42H32O16. The van der Waals surface area contributed by atoms with Crippen molar-refractivity contribution in [1.82, 2.24) is 0 Å². The summed E-state index contributed by atoms with van der Waals surface area (Å²) >= 11 is 0. The molecule has 0 bridgehead atoms. The van der Waals surface area contributed by atoms with Gasteiger partial charge in [-0.1, -0.05) is 12.1 Å². The van der Waals surface area contributed by atoms with E-state index in [4.69, 9.17) is 37.6 Å². The Labute approximate surface area is 328 Å². The van der Waals surface area contributed by atoms with E-state index in [2.05, 4.69) is 0 Å². The molecule has 5 aromatic rings. The van der Waals surface area contributed by atoms with Crippen LogP contribution in [0.1, 0.15) is 75.0 Å². The van der Waals surface area contributed by atoms with Crippen molar-refractivity contribution in [3.8, 4) is 51.6 Å². The number of carbonyl (C=O) groups is 7. The summed E-state index contributed by atoms with van der Waals surface area (Å²) in [4.78, 5) is 102. The molecule has 1 aliphatic rings. The number of fused-ring (bicyclic) bond motifs is 2. The lowest BCUT2D eigenvalue weighted by atomic mass is 9.79. The van der Waals surface area contributed by atoms with E-state index in [0.29, 0.717) is 5.56 Å². The third kappa shape index (κ3) is 8.60. The van der Waals surface area contributed by atoms with Crippen LogP contribution in [0.25, 0.3) is 22.3 Å². The van der Waals surface area contributed by atoms with E-state index in [9.17, 15) is 33.6 Å². The molecule has 0 amide bonds. The maximum atomic E-state index is 15.2. The molecule has 0 aliphatic carbocycles. The van der Waals surface area contributed by atoms with Gasteiger partial charge in [0, 0.05) is 71.4 Å². The van der Waals surface area contributed by atoms with E-state index in [1.165, 1.54) is 68.4 Å². The molecule has 16 heteroatoms. The SMILES string of the molecule is CC(=O)Oc1ccc(-c2cc(=O)c3c(OC(C)=O)cc(OC(C)=O)c(C4C(=O)c5c(OC(C)=O)cc(OC(C)=O)cc5OC4c4ccc(OC(C)=O)cc4)c3o2)cc1. The summed E-state index contributed by atoms with van der Waals surface area (Å²) < 4.78 is 45.0. The van der Waals surface area contributed by atoms with Crippen LogP contribution in [0.3, 0.4) is 0 Å². The second-order valence-corrected chi connectivity index (χ2v) is 12.8. The Balaban J connectivity index is 1.70. The fraction of sp³-hybridized carbons (Fsp3) is 0.190. The lowest BCUT2D eigenvalue weighted by Gasteiger charge is -2.34. The van der Waals surface area contributed by atoms with Crippen molar-refractivity contribution >= 4 is 52.6 Å². The van der Waals surface area contributed by atoms with Crippen LogP contribution in [0, 0.1) is 0 Å². The maximum Gasteiger partial charge on any atom is 0.308 e. The van der Waals surface area contributed by atoms with Gasteiger partial charge in [0.1, 0.15) is 68.6 Å². The van der Waals surface area contributed by atoms with Gasteiger partial charge in [0.05, 0.1) is 11.5 Å². The van der Waals surface area contributed by atoms with Crippen LogP contribution < -0.4 is 38.6 Å². The Morgan fingerprint density at radius 2 is 1.03 bits per heavy atom. The quantitative estimate of drug-likeness (QED) is 0.122. The van der Waals surface area contributed by atoms with Crippen molar-refractivity contribution in [1.29, 1.82) is 0 Å². The molecule has 0 saturated heterocycles. The molecule has 1 aromatic heterocycles. The Bertz CT molecular complexity index is 2600. The molecule has 2 unspecified atom stereocenters. The lowest BCUT2D eigenvalue weighted by Crippen LogP contribution is -2.31. The fourth-order valence-corrected chi connectivity index (χ4v) is 6.36. The summed E-state index contributed by atoms with van der Waals surface area (Å²) in [5.74, 6) is -8.05. The minimum atomic E-state index is -1.62. The Morgan fingerprint density at radius 3 is 1.59 bits per heavy atom. The smallest absolute Gasteiger partial charge is 0.308 e. The van der Waals surface area contributed by atoms with Gasteiger partial charge in [-0.25, -0.2) is 0 Å². The van der Waals surface area contributed by atoms with Crippen LogP contribution in [0.2, 0.25) is 0 Å². The van der Waals surface area contributed by atoms with E-state index < -0.39 is 59.0 Å². The fourth-order valence-electron chi connectivity index (χ4n) is 6.36. The third-order valence-corrected chi connectivity index (χ3v) is 8.30. The summed E-state index contributed by atoms with van der Waals surface area (Å²) in [6, 6.07) is 16.3. The zero-order valence-electron chi connectivity index (χ0n) is 31.6. The molecule has 296 valence electrons. The summed E-state index contributed by atoms with van der Waals surface area (Å²) in [5.41, 5.74) is -1.05. The minimum Gasteiger partial charge on any atom is -0.484 e. The number of hydrogen-bond donors (Lipinski definition) is 0. The van der Waals surface area contributed by atoms with E-state index >= 15 is 4.79 Å². The Hall–Kier alpha value is -7.62. The molecule has 1 aliphatic heterocycles. The van der Waals surface area contributed by atoms with Crippen LogP contribution >= 0.6 is 0 Å². The van der Waals surface area contributed by atoms with Crippen molar-refractivity contribution in [2.75, 3.05) is 0 Å². The second kappa shape index (κ2) is 16.2. The minimum absolute atomic E-state index is 0.0691. The van der Waals surface area contributed by atoms with Crippen LogP contribution in [0.15, 0.2) is 82.0 Å². The molecule has 0 spiro atoms. The van der Waals surface area contributed by atoms with Gasteiger partial charge in [-0.15, -0.1) is 0 Å². The normalized spacial score (nSPS) is 14.3. The molecule has 0 saturated carbocycles. The number of benzene rings is 4. The molecule has 0 N–H and O–H groups in total. The maximum absolute atomic E-state index is 15.2. The zero-order valence-corrected chi connectivity index (χ0v) is 31.6. The summed E-state index contributed by atoms with van der Waals surface area (Å²) in [7, 11) is 0. The van der Waals surface area contributed by atoms with Crippen molar-refractivity contribution in [3.05, 3.63) is 99.7 Å². The number of ketones is 1. The topological polar surface area (TPSA) is 214 Å². The van der Waals surface area contributed by atoms with Crippen LogP contribution in [0.5, 0.6) is 40.2 Å².